The molecule has 8 nitrogen and oxygen atoms in total. The summed E-state index contributed by atoms with van der Waals surface area (Å²) in [5.74, 6) is 3.12. The standard InChI is InChI=1S/C30H46N6O2S/c1-6-19-31-29(7-2)36-30(34-22(3)4)35-23(5)32-20-24-15-17-25(18-16-24)21-33-39(37,38)28-14-10-12-26-11-8-9-13-27(26)28/h7-14,22,24-25,31,33H,6,15-21H2,1-5H3,(H2,32,34,35,36). The Bertz CT molecular complexity index is 1260. The average molecular weight is 555 g/mol. The lowest BCUT2D eigenvalue weighted by atomic mass is 9.82. The number of guanidine groups is 1. The van der Waals surface area contributed by atoms with Crippen LogP contribution in [0.15, 0.2) is 69.2 Å². The molecule has 9 heteroatoms. The van der Waals surface area contributed by atoms with Gasteiger partial charge in [-0.25, -0.2) is 18.1 Å². The highest BCUT2D eigenvalue weighted by atomic mass is 32.2. The van der Waals surface area contributed by atoms with Crippen LogP contribution in [0.25, 0.3) is 10.8 Å². The van der Waals surface area contributed by atoms with E-state index in [0.29, 0.717) is 29.2 Å². The number of allylic oxidation sites excluding steroid dienone is 1. The van der Waals surface area contributed by atoms with Gasteiger partial charge in [-0.1, -0.05) is 43.3 Å². The minimum absolute atomic E-state index is 0.220. The van der Waals surface area contributed by atoms with E-state index in [1.165, 1.54) is 0 Å². The first-order valence-corrected chi connectivity index (χ1v) is 15.7. The molecule has 0 unspecified atom stereocenters. The molecular weight excluding hydrogens is 508 g/mol. The second-order valence-corrected chi connectivity index (χ2v) is 12.4. The van der Waals surface area contributed by atoms with E-state index in [1.807, 2.05) is 50.3 Å². The summed E-state index contributed by atoms with van der Waals surface area (Å²) in [5.41, 5.74) is 0. The van der Waals surface area contributed by atoms with Crippen LogP contribution in [0.5, 0.6) is 0 Å². The summed E-state index contributed by atoms with van der Waals surface area (Å²) in [5, 5.41) is 11.8. The number of nitrogens with one attached hydrogen (secondary N) is 4. The molecule has 1 fully saturated rings. The van der Waals surface area contributed by atoms with Gasteiger partial charge in [-0.05, 0) is 89.2 Å². The van der Waals surface area contributed by atoms with Crippen LogP contribution in [0, 0.1) is 11.8 Å². The van der Waals surface area contributed by atoms with Gasteiger partial charge in [0.05, 0.1) is 4.90 Å². The molecular formula is C30H46N6O2S. The number of benzene rings is 2. The first-order chi connectivity index (χ1) is 18.7. The molecule has 0 spiro atoms. The Balaban J connectivity index is 1.49. The lowest BCUT2D eigenvalue weighted by Gasteiger charge is -2.29. The molecule has 0 saturated heterocycles. The van der Waals surface area contributed by atoms with Gasteiger partial charge in [-0.15, -0.1) is 0 Å². The molecule has 4 N–H and O–H groups in total. The van der Waals surface area contributed by atoms with E-state index in [9.17, 15) is 8.42 Å². The number of hydrogen-bond donors (Lipinski definition) is 4. The molecule has 3 rings (SSSR count). The third kappa shape index (κ3) is 9.65. The Kier molecular flexibility index (Phi) is 11.8. The molecule has 0 radical (unpaired) electrons. The second-order valence-electron chi connectivity index (χ2n) is 10.6. The number of nitrogens with zero attached hydrogens (tertiary/aromatic N) is 2. The molecule has 39 heavy (non-hydrogen) atoms. The monoisotopic (exact) mass is 554 g/mol. The summed E-state index contributed by atoms with van der Waals surface area (Å²) in [6.45, 7) is 12.4. The summed E-state index contributed by atoms with van der Waals surface area (Å²) < 4.78 is 29.0. The summed E-state index contributed by atoms with van der Waals surface area (Å²) >= 11 is 0. The number of sulfonamides is 1. The van der Waals surface area contributed by atoms with Crippen LogP contribution < -0.4 is 20.7 Å². The predicted octanol–water partition coefficient (Wildman–Crippen LogP) is 5.15. The maximum Gasteiger partial charge on any atom is 0.241 e. The minimum atomic E-state index is -3.56. The number of rotatable bonds is 11. The van der Waals surface area contributed by atoms with Gasteiger partial charge >= 0.3 is 0 Å². The van der Waals surface area contributed by atoms with Crippen molar-refractivity contribution in [2.75, 3.05) is 19.6 Å². The molecule has 2 aromatic carbocycles. The van der Waals surface area contributed by atoms with Crippen molar-refractivity contribution in [3.63, 3.8) is 0 Å². The molecule has 1 saturated carbocycles. The number of fused-ring (bicyclic) bond motifs is 1. The normalized spacial score (nSPS) is 19.4. The van der Waals surface area contributed by atoms with E-state index < -0.39 is 10.0 Å². The summed E-state index contributed by atoms with van der Waals surface area (Å²) in [6.07, 6.45) is 7.13. The van der Waals surface area contributed by atoms with Crippen LogP contribution in [-0.2, 0) is 10.0 Å². The molecule has 214 valence electrons. The third-order valence-electron chi connectivity index (χ3n) is 6.96. The maximum atomic E-state index is 13.1. The first-order valence-electron chi connectivity index (χ1n) is 14.2. The number of aliphatic imine (C=N–C) groups is 2. The molecule has 0 heterocycles. The summed E-state index contributed by atoms with van der Waals surface area (Å²) in [4.78, 5) is 9.73. The highest BCUT2D eigenvalue weighted by molar-refractivity contribution is 7.89. The van der Waals surface area contributed by atoms with E-state index in [2.05, 4.69) is 46.4 Å². The molecule has 0 aliphatic heterocycles. The van der Waals surface area contributed by atoms with Crippen molar-refractivity contribution in [1.29, 1.82) is 0 Å². The molecule has 0 amide bonds. The van der Waals surface area contributed by atoms with Gasteiger partial charge in [0, 0.05) is 31.1 Å². The van der Waals surface area contributed by atoms with Crippen molar-refractivity contribution in [3.05, 3.63) is 54.4 Å². The van der Waals surface area contributed by atoms with Gasteiger partial charge in [0.1, 0.15) is 11.7 Å². The van der Waals surface area contributed by atoms with Gasteiger partial charge < -0.3 is 16.0 Å². The van der Waals surface area contributed by atoms with E-state index in [-0.39, 0.29) is 6.04 Å². The van der Waals surface area contributed by atoms with Crippen molar-refractivity contribution < 1.29 is 8.42 Å². The lowest BCUT2D eigenvalue weighted by molar-refractivity contribution is 0.275. The topological polar surface area (TPSA) is 107 Å². The molecule has 1 aliphatic rings. The zero-order valence-electron chi connectivity index (χ0n) is 24.1. The fourth-order valence-corrected chi connectivity index (χ4v) is 6.13. The first kappa shape index (κ1) is 30.6. The highest BCUT2D eigenvalue weighted by Crippen LogP contribution is 2.29. The zero-order valence-corrected chi connectivity index (χ0v) is 24.9. The van der Waals surface area contributed by atoms with Crippen LogP contribution in [-0.4, -0.2) is 45.9 Å². The fraction of sp³-hybridized carbons (Fsp3) is 0.533. The van der Waals surface area contributed by atoms with E-state index in [1.54, 1.807) is 12.1 Å². The third-order valence-corrected chi connectivity index (χ3v) is 8.44. The van der Waals surface area contributed by atoms with Gasteiger partial charge in [0.2, 0.25) is 16.0 Å². The Morgan fingerprint density at radius 3 is 2.31 bits per heavy atom. The van der Waals surface area contributed by atoms with E-state index in [4.69, 9.17) is 4.99 Å². The van der Waals surface area contributed by atoms with Crippen molar-refractivity contribution in [3.8, 4) is 0 Å². The lowest BCUT2D eigenvalue weighted by Crippen LogP contribution is -2.35. The number of hydrogen-bond acceptors (Lipinski definition) is 4. The van der Waals surface area contributed by atoms with Gasteiger partial charge in [-0.3, -0.25) is 0 Å². The second kappa shape index (κ2) is 15.0. The Labute approximate surface area is 234 Å². The van der Waals surface area contributed by atoms with E-state index in [0.717, 1.165) is 67.6 Å². The molecule has 2 aromatic rings. The largest absolute Gasteiger partial charge is 0.373 e. The van der Waals surface area contributed by atoms with Gasteiger partial charge in [-0.2, -0.15) is 4.99 Å². The summed E-state index contributed by atoms with van der Waals surface area (Å²) in [7, 11) is -3.56. The quantitative estimate of drug-likeness (QED) is 0.227. The van der Waals surface area contributed by atoms with Crippen molar-refractivity contribution in [2.45, 2.75) is 77.7 Å². The van der Waals surface area contributed by atoms with Crippen LogP contribution in [0.1, 0.15) is 66.7 Å². The molecule has 0 bridgehead atoms. The maximum absolute atomic E-state index is 13.1. The van der Waals surface area contributed by atoms with Crippen molar-refractivity contribution >= 4 is 32.6 Å². The number of amidine groups is 1. The molecule has 1 aliphatic carbocycles. The van der Waals surface area contributed by atoms with E-state index >= 15 is 0 Å². The SMILES string of the molecule is CC=C(/N=C(\N=C(/C)NCC1CCC(CNS(=O)(=O)c2cccc3ccccc23)CC1)NC(C)C)NCCC. The van der Waals surface area contributed by atoms with Crippen molar-refractivity contribution in [2.24, 2.45) is 21.8 Å². The van der Waals surface area contributed by atoms with Gasteiger partial charge in [0.25, 0.3) is 0 Å². The highest BCUT2D eigenvalue weighted by Gasteiger charge is 2.24. The van der Waals surface area contributed by atoms with Crippen molar-refractivity contribution in [1.82, 2.24) is 20.7 Å². The fourth-order valence-electron chi connectivity index (χ4n) is 4.79. The molecule has 0 aromatic heterocycles. The van der Waals surface area contributed by atoms with Crippen LogP contribution >= 0.6 is 0 Å². The molecule has 0 atom stereocenters. The predicted molar refractivity (Wildman–Crippen MR) is 163 cm³/mol. The average Bonchev–Trinajstić information content (AvgIpc) is 2.92. The zero-order chi connectivity index (χ0) is 28.3. The van der Waals surface area contributed by atoms with Gasteiger partial charge in [0.15, 0.2) is 0 Å². The van der Waals surface area contributed by atoms with Crippen LogP contribution in [0.2, 0.25) is 0 Å². The smallest absolute Gasteiger partial charge is 0.241 e. The minimum Gasteiger partial charge on any atom is -0.373 e. The Morgan fingerprint density at radius 1 is 0.974 bits per heavy atom. The Hall–Kier alpha value is -2.91. The Morgan fingerprint density at radius 2 is 1.64 bits per heavy atom. The van der Waals surface area contributed by atoms with Crippen LogP contribution in [0.4, 0.5) is 0 Å². The summed E-state index contributed by atoms with van der Waals surface area (Å²) in [6, 6.07) is 13.3. The van der Waals surface area contributed by atoms with Crippen LogP contribution in [0.3, 0.4) is 0 Å².